The summed E-state index contributed by atoms with van der Waals surface area (Å²) in [4.78, 5) is 12.8. The van der Waals surface area contributed by atoms with Crippen LogP contribution in [0.5, 0.6) is 0 Å². The molecule has 1 heterocycles. The number of hydrogen-bond donors (Lipinski definition) is 1. The molecule has 0 atom stereocenters. The van der Waals surface area contributed by atoms with E-state index in [1.165, 1.54) is 34.6 Å². The summed E-state index contributed by atoms with van der Waals surface area (Å²) in [5.41, 5.74) is 3.33. The molecular weight excluding hydrogens is 534 g/mol. The predicted molar refractivity (Wildman–Crippen MR) is 151 cm³/mol. The largest absolute Gasteiger partial charge is 0.460 e. The highest BCUT2D eigenvalue weighted by Crippen LogP contribution is 2.24. The zero-order valence-electron chi connectivity index (χ0n) is 21.4. The molecule has 0 fully saturated rings. The Morgan fingerprint density at radius 2 is 1.69 bits per heavy atom. The van der Waals surface area contributed by atoms with E-state index < -0.39 is 15.9 Å². The van der Waals surface area contributed by atoms with E-state index in [-0.39, 0.29) is 29.3 Å². The van der Waals surface area contributed by atoms with E-state index in [0.717, 1.165) is 16.7 Å². The minimum Gasteiger partial charge on any atom is -0.460 e. The van der Waals surface area contributed by atoms with Crippen LogP contribution in [0.1, 0.15) is 28.2 Å². The van der Waals surface area contributed by atoms with Crippen LogP contribution in [0.3, 0.4) is 0 Å². The lowest BCUT2D eigenvalue weighted by Gasteiger charge is -2.21. The Morgan fingerprint density at radius 1 is 0.974 bits per heavy atom. The average Bonchev–Trinajstić information content (AvgIpc) is 3.36. The van der Waals surface area contributed by atoms with Crippen LogP contribution in [-0.2, 0) is 27.9 Å². The third-order valence-corrected chi connectivity index (χ3v) is 8.14. The molecule has 0 spiro atoms. The normalized spacial score (nSPS) is 11.8. The molecule has 198 valence electrons. The number of benzene rings is 3. The first-order chi connectivity index (χ1) is 18.7. The predicted octanol–water partition coefficient (Wildman–Crippen LogP) is 6.49. The molecule has 0 bridgehead atoms. The minimum atomic E-state index is -3.90. The van der Waals surface area contributed by atoms with Crippen LogP contribution in [0.4, 0.5) is 5.69 Å². The van der Waals surface area contributed by atoms with E-state index >= 15 is 0 Å². The number of carbonyl (C=O) groups is 1. The Hall–Kier alpha value is -4.16. The molecule has 0 unspecified atom stereocenters. The molecule has 3 aromatic carbocycles. The van der Waals surface area contributed by atoms with Gasteiger partial charge in [-0.2, -0.15) is 9.57 Å². The Kier molecular flexibility index (Phi) is 8.67. The Labute approximate surface area is 233 Å². The van der Waals surface area contributed by atoms with Gasteiger partial charge < -0.3 is 9.73 Å². The number of halogens is 1. The summed E-state index contributed by atoms with van der Waals surface area (Å²) in [5.74, 6) is 0.0247. The fraction of sp³-hybridized carbons (Fsp3) is 0.133. The molecule has 4 rings (SSSR count). The second-order valence-electron chi connectivity index (χ2n) is 8.94. The molecule has 1 amide bonds. The molecule has 0 radical (unpaired) electrons. The van der Waals surface area contributed by atoms with Crippen molar-refractivity contribution in [1.82, 2.24) is 4.31 Å². The number of hydrogen-bond acceptors (Lipinski definition) is 5. The standard InChI is InChI=1S/C30H26ClN3O4S/c1-21-8-11-26(16-22(21)2)33-30(35)24(18-32)17-27-12-13-28(38-27)20-34(19-23-6-4-3-5-7-23)39(36,37)29-14-9-25(31)10-15-29/h3-17H,19-20H2,1-2H3,(H,33,35)/b24-17-. The van der Waals surface area contributed by atoms with Gasteiger partial charge in [-0.1, -0.05) is 48.0 Å². The molecule has 9 heteroatoms. The van der Waals surface area contributed by atoms with Crippen molar-refractivity contribution in [2.24, 2.45) is 0 Å². The zero-order valence-corrected chi connectivity index (χ0v) is 23.0. The van der Waals surface area contributed by atoms with Crippen molar-refractivity contribution in [3.63, 3.8) is 0 Å². The van der Waals surface area contributed by atoms with E-state index in [1.54, 1.807) is 18.2 Å². The first-order valence-corrected chi connectivity index (χ1v) is 13.9. The lowest BCUT2D eigenvalue weighted by Crippen LogP contribution is -2.30. The number of nitrogens with zero attached hydrogens (tertiary/aromatic N) is 2. The van der Waals surface area contributed by atoms with Gasteiger partial charge >= 0.3 is 0 Å². The summed E-state index contributed by atoms with van der Waals surface area (Å²) in [5, 5.41) is 12.7. The second-order valence-corrected chi connectivity index (χ2v) is 11.3. The van der Waals surface area contributed by atoms with Crippen LogP contribution in [0, 0.1) is 25.2 Å². The molecule has 0 saturated heterocycles. The summed E-state index contributed by atoms with van der Waals surface area (Å²) < 4.78 is 34.2. The number of nitriles is 1. The molecular formula is C30H26ClN3O4S. The van der Waals surface area contributed by atoms with Gasteiger partial charge in [0.05, 0.1) is 11.4 Å². The van der Waals surface area contributed by atoms with Crippen molar-refractivity contribution >= 4 is 39.3 Å². The summed E-state index contributed by atoms with van der Waals surface area (Å²) in [6.07, 6.45) is 1.33. The zero-order chi connectivity index (χ0) is 28.0. The maximum Gasteiger partial charge on any atom is 0.266 e. The monoisotopic (exact) mass is 559 g/mol. The lowest BCUT2D eigenvalue weighted by molar-refractivity contribution is -0.112. The maximum absolute atomic E-state index is 13.5. The number of carbonyl (C=O) groups excluding carboxylic acids is 1. The summed E-state index contributed by atoms with van der Waals surface area (Å²) in [6, 6.07) is 25.8. The number of amides is 1. The summed E-state index contributed by atoms with van der Waals surface area (Å²) >= 11 is 5.96. The lowest BCUT2D eigenvalue weighted by atomic mass is 10.1. The van der Waals surface area contributed by atoms with Gasteiger partial charge in [0.15, 0.2) is 0 Å². The minimum absolute atomic E-state index is 0.0651. The second kappa shape index (κ2) is 12.1. The van der Waals surface area contributed by atoms with E-state index in [0.29, 0.717) is 16.5 Å². The molecule has 7 nitrogen and oxygen atoms in total. The van der Waals surface area contributed by atoms with Gasteiger partial charge in [0.1, 0.15) is 23.2 Å². The van der Waals surface area contributed by atoms with Gasteiger partial charge in [0.25, 0.3) is 5.91 Å². The van der Waals surface area contributed by atoms with Gasteiger partial charge in [0, 0.05) is 23.3 Å². The number of sulfonamides is 1. The highest BCUT2D eigenvalue weighted by Gasteiger charge is 2.26. The third-order valence-electron chi connectivity index (χ3n) is 6.08. The first-order valence-electron chi connectivity index (χ1n) is 12.0. The summed E-state index contributed by atoms with van der Waals surface area (Å²) in [7, 11) is -3.90. The Morgan fingerprint density at radius 3 is 2.36 bits per heavy atom. The van der Waals surface area contributed by atoms with Gasteiger partial charge in [-0.05, 0) is 79.1 Å². The number of furan rings is 1. The SMILES string of the molecule is Cc1ccc(NC(=O)/C(C#N)=C\c2ccc(CN(Cc3ccccc3)S(=O)(=O)c3ccc(Cl)cc3)o2)cc1C. The van der Waals surface area contributed by atoms with Crippen molar-refractivity contribution in [1.29, 1.82) is 5.26 Å². The number of nitrogens with one attached hydrogen (secondary N) is 1. The number of anilines is 1. The highest BCUT2D eigenvalue weighted by molar-refractivity contribution is 7.89. The van der Waals surface area contributed by atoms with Gasteiger partial charge in [-0.15, -0.1) is 0 Å². The van der Waals surface area contributed by atoms with Crippen LogP contribution >= 0.6 is 11.6 Å². The van der Waals surface area contributed by atoms with Crippen LogP contribution in [0.25, 0.3) is 6.08 Å². The highest BCUT2D eigenvalue weighted by atomic mass is 35.5. The molecule has 1 aromatic heterocycles. The molecule has 39 heavy (non-hydrogen) atoms. The van der Waals surface area contributed by atoms with Crippen LogP contribution in [0.15, 0.2) is 99.8 Å². The van der Waals surface area contributed by atoms with E-state index in [4.69, 9.17) is 16.0 Å². The quantitative estimate of drug-likeness (QED) is 0.186. The molecule has 0 aliphatic carbocycles. The van der Waals surface area contributed by atoms with Gasteiger partial charge in [-0.3, -0.25) is 4.79 Å². The van der Waals surface area contributed by atoms with E-state index in [9.17, 15) is 18.5 Å². The van der Waals surface area contributed by atoms with Crippen molar-refractivity contribution in [3.8, 4) is 6.07 Å². The van der Waals surface area contributed by atoms with E-state index in [1.807, 2.05) is 62.4 Å². The molecule has 1 N–H and O–H groups in total. The van der Waals surface area contributed by atoms with E-state index in [2.05, 4.69) is 5.32 Å². The molecule has 0 aliphatic rings. The van der Waals surface area contributed by atoms with Crippen molar-refractivity contribution in [2.45, 2.75) is 31.8 Å². The van der Waals surface area contributed by atoms with Crippen LogP contribution in [0.2, 0.25) is 5.02 Å². The topological polar surface area (TPSA) is 103 Å². The molecule has 4 aromatic rings. The van der Waals surface area contributed by atoms with Crippen LogP contribution in [-0.4, -0.2) is 18.6 Å². The third kappa shape index (κ3) is 7.03. The van der Waals surface area contributed by atoms with Crippen molar-refractivity contribution in [2.75, 3.05) is 5.32 Å². The Bertz CT molecular complexity index is 1650. The first kappa shape index (κ1) is 27.9. The fourth-order valence-electron chi connectivity index (χ4n) is 3.81. The molecule has 0 aliphatic heterocycles. The number of rotatable bonds is 9. The van der Waals surface area contributed by atoms with Crippen molar-refractivity contribution in [3.05, 3.63) is 124 Å². The smallest absolute Gasteiger partial charge is 0.266 e. The van der Waals surface area contributed by atoms with Crippen LogP contribution < -0.4 is 5.32 Å². The fourth-order valence-corrected chi connectivity index (χ4v) is 5.33. The number of aryl methyl sites for hydroxylation is 2. The van der Waals surface area contributed by atoms with Crippen molar-refractivity contribution < 1.29 is 17.6 Å². The van der Waals surface area contributed by atoms with Gasteiger partial charge in [0.2, 0.25) is 10.0 Å². The Balaban J connectivity index is 1.57. The molecule has 0 saturated carbocycles. The average molecular weight is 560 g/mol. The van der Waals surface area contributed by atoms with Gasteiger partial charge in [-0.25, -0.2) is 8.42 Å². The maximum atomic E-state index is 13.5. The summed E-state index contributed by atoms with van der Waals surface area (Å²) in [6.45, 7) is 3.95.